The lowest BCUT2D eigenvalue weighted by Gasteiger charge is -2.03. The number of hydrogen-bond acceptors (Lipinski definition) is 4. The van der Waals surface area contributed by atoms with E-state index in [0.29, 0.717) is 12.3 Å². The normalized spacial score (nSPS) is 9.06. The number of aliphatic carboxylic acids is 2. The van der Waals surface area contributed by atoms with Crippen LogP contribution < -0.4 is 5.32 Å². The summed E-state index contributed by atoms with van der Waals surface area (Å²) in [6.07, 6.45) is 0. The molecule has 0 aliphatic heterocycles. The van der Waals surface area contributed by atoms with E-state index in [4.69, 9.17) is 19.8 Å². The number of phenols is 1. The second kappa shape index (κ2) is 7.64. The van der Waals surface area contributed by atoms with Gasteiger partial charge in [-0.25, -0.2) is 9.59 Å². The van der Waals surface area contributed by atoms with Gasteiger partial charge >= 0.3 is 11.9 Å². The van der Waals surface area contributed by atoms with Crippen LogP contribution in [0.1, 0.15) is 5.56 Å². The quantitative estimate of drug-likeness (QED) is 0.608. The molecule has 0 atom stereocenters. The molecule has 0 spiro atoms. The van der Waals surface area contributed by atoms with Crippen LogP contribution in [0.3, 0.4) is 0 Å². The topological polar surface area (TPSA) is 107 Å². The average molecular weight is 306 g/mol. The van der Waals surface area contributed by atoms with Gasteiger partial charge in [0.2, 0.25) is 0 Å². The van der Waals surface area contributed by atoms with Crippen LogP contribution in [0, 0.1) is 0 Å². The predicted octanol–water partition coefficient (Wildman–Crippen LogP) is 1.03. The lowest BCUT2D eigenvalue weighted by molar-refractivity contribution is -0.159. The third-order valence-electron chi connectivity index (χ3n) is 1.59. The van der Waals surface area contributed by atoms with Gasteiger partial charge in [-0.05, 0) is 25.2 Å². The number of carbonyl (C=O) groups is 2. The number of phenolic OH excluding ortho intramolecular Hbond substituents is 1. The largest absolute Gasteiger partial charge is 0.508 e. The summed E-state index contributed by atoms with van der Waals surface area (Å²) >= 11 is 3.33. The van der Waals surface area contributed by atoms with Crippen LogP contribution in [0.2, 0.25) is 0 Å². The summed E-state index contributed by atoms with van der Waals surface area (Å²) in [5, 5.41) is 27.1. The fourth-order valence-electron chi connectivity index (χ4n) is 0.886. The highest BCUT2D eigenvalue weighted by Crippen LogP contribution is 2.21. The van der Waals surface area contributed by atoms with Gasteiger partial charge in [-0.1, -0.05) is 15.9 Å². The van der Waals surface area contributed by atoms with Gasteiger partial charge in [-0.2, -0.15) is 0 Å². The van der Waals surface area contributed by atoms with Crippen LogP contribution in [0.15, 0.2) is 22.7 Å². The van der Waals surface area contributed by atoms with Crippen LogP contribution in [0.25, 0.3) is 0 Å². The van der Waals surface area contributed by atoms with Crippen molar-refractivity contribution in [2.45, 2.75) is 6.54 Å². The molecule has 1 rings (SSSR count). The van der Waals surface area contributed by atoms with Crippen molar-refractivity contribution >= 4 is 27.9 Å². The molecule has 4 N–H and O–H groups in total. The molecule has 0 amide bonds. The Morgan fingerprint density at radius 2 is 1.82 bits per heavy atom. The molecule has 0 saturated carbocycles. The highest BCUT2D eigenvalue weighted by Gasteiger charge is 2.04. The third-order valence-corrected chi connectivity index (χ3v) is 2.08. The third kappa shape index (κ3) is 6.54. The minimum Gasteiger partial charge on any atom is -0.508 e. The first-order valence-electron chi connectivity index (χ1n) is 4.46. The molecule has 0 aliphatic rings. The van der Waals surface area contributed by atoms with E-state index < -0.39 is 11.9 Å². The first-order chi connectivity index (χ1) is 7.88. The van der Waals surface area contributed by atoms with Crippen LogP contribution in [-0.2, 0) is 16.1 Å². The Kier molecular flexibility index (Phi) is 6.92. The number of benzene rings is 1. The molecule has 94 valence electrons. The van der Waals surface area contributed by atoms with Crippen molar-refractivity contribution in [3.05, 3.63) is 28.2 Å². The van der Waals surface area contributed by atoms with Crippen molar-refractivity contribution in [1.29, 1.82) is 0 Å². The Bertz CT molecular complexity index is 396. The van der Waals surface area contributed by atoms with Gasteiger partial charge in [0.15, 0.2) is 0 Å². The number of hydrogen-bond donors (Lipinski definition) is 4. The van der Waals surface area contributed by atoms with Gasteiger partial charge in [0.05, 0.1) is 0 Å². The van der Waals surface area contributed by atoms with E-state index >= 15 is 0 Å². The maximum Gasteiger partial charge on any atom is 0.414 e. The molecule has 1 aromatic rings. The highest BCUT2D eigenvalue weighted by atomic mass is 79.9. The standard InChI is InChI=1S/C8H10BrNO.C2H2O4/c1-10-5-6-4-7(9)2-3-8(6)11;3-1(4)2(5)6/h2-4,10-11H,5H2,1H3;(H,3,4)(H,5,6). The SMILES string of the molecule is CNCc1cc(Br)ccc1O.O=C(O)C(=O)O. The zero-order chi connectivity index (χ0) is 13.4. The first-order valence-corrected chi connectivity index (χ1v) is 5.26. The van der Waals surface area contributed by atoms with E-state index in [1.54, 1.807) is 6.07 Å². The lowest BCUT2D eigenvalue weighted by atomic mass is 10.2. The van der Waals surface area contributed by atoms with Crippen LogP contribution >= 0.6 is 15.9 Å². The number of aromatic hydroxyl groups is 1. The molecule has 0 unspecified atom stereocenters. The Labute approximate surface area is 106 Å². The summed E-state index contributed by atoms with van der Waals surface area (Å²) in [6.45, 7) is 0.686. The summed E-state index contributed by atoms with van der Waals surface area (Å²) in [6, 6.07) is 5.39. The first kappa shape index (κ1) is 15.4. The molecular weight excluding hydrogens is 294 g/mol. The molecule has 0 bridgehead atoms. The van der Waals surface area contributed by atoms with E-state index in [0.717, 1.165) is 10.0 Å². The summed E-state index contributed by atoms with van der Waals surface area (Å²) in [5.41, 5.74) is 0.905. The Morgan fingerprint density at radius 3 is 2.24 bits per heavy atom. The minimum absolute atomic E-state index is 0.336. The molecule has 0 fully saturated rings. The Balaban J connectivity index is 0.000000366. The monoisotopic (exact) mass is 305 g/mol. The van der Waals surface area contributed by atoms with Gasteiger partial charge in [0, 0.05) is 16.6 Å². The zero-order valence-electron chi connectivity index (χ0n) is 8.98. The van der Waals surface area contributed by atoms with Gasteiger partial charge in [0.1, 0.15) is 5.75 Å². The maximum absolute atomic E-state index is 9.31. The van der Waals surface area contributed by atoms with Crippen LogP contribution in [0.5, 0.6) is 5.75 Å². The van der Waals surface area contributed by atoms with E-state index in [1.807, 2.05) is 19.2 Å². The van der Waals surface area contributed by atoms with Crippen LogP contribution in [0.4, 0.5) is 0 Å². The Morgan fingerprint density at radius 1 is 1.29 bits per heavy atom. The highest BCUT2D eigenvalue weighted by molar-refractivity contribution is 9.10. The Hall–Kier alpha value is -1.60. The molecule has 7 heteroatoms. The van der Waals surface area contributed by atoms with Crippen molar-refractivity contribution in [1.82, 2.24) is 5.32 Å². The summed E-state index contributed by atoms with van der Waals surface area (Å²) < 4.78 is 0.987. The van der Waals surface area contributed by atoms with Crippen molar-refractivity contribution in [3.8, 4) is 5.75 Å². The second-order valence-electron chi connectivity index (χ2n) is 2.91. The number of nitrogens with one attached hydrogen (secondary N) is 1. The van der Waals surface area contributed by atoms with Crippen LogP contribution in [-0.4, -0.2) is 34.3 Å². The molecule has 1 aromatic carbocycles. The maximum atomic E-state index is 9.31. The summed E-state index contributed by atoms with van der Waals surface area (Å²) in [4.78, 5) is 18.2. The van der Waals surface area contributed by atoms with E-state index in [9.17, 15) is 5.11 Å². The number of rotatable bonds is 2. The predicted molar refractivity (Wildman–Crippen MR) is 63.8 cm³/mol. The van der Waals surface area contributed by atoms with E-state index in [2.05, 4.69) is 21.2 Å². The minimum atomic E-state index is -1.82. The molecular formula is C10H12BrNO5. The molecule has 0 heterocycles. The number of carboxylic acid groups (broad SMARTS) is 2. The zero-order valence-corrected chi connectivity index (χ0v) is 10.6. The fraction of sp³-hybridized carbons (Fsp3) is 0.200. The van der Waals surface area contributed by atoms with E-state index in [-0.39, 0.29) is 0 Å². The van der Waals surface area contributed by atoms with Gasteiger partial charge in [-0.15, -0.1) is 0 Å². The van der Waals surface area contributed by atoms with Gasteiger partial charge in [0.25, 0.3) is 0 Å². The average Bonchev–Trinajstić information content (AvgIpc) is 2.24. The fourth-order valence-corrected chi connectivity index (χ4v) is 1.29. The molecule has 0 aromatic heterocycles. The molecule has 0 saturated heterocycles. The molecule has 6 nitrogen and oxygen atoms in total. The summed E-state index contributed by atoms with van der Waals surface area (Å²) in [7, 11) is 1.85. The molecule has 0 aliphatic carbocycles. The molecule has 17 heavy (non-hydrogen) atoms. The van der Waals surface area contributed by atoms with Crippen molar-refractivity contribution in [2.24, 2.45) is 0 Å². The number of carboxylic acids is 2. The molecule has 0 radical (unpaired) electrons. The van der Waals surface area contributed by atoms with Crippen molar-refractivity contribution in [2.75, 3.05) is 7.05 Å². The second-order valence-corrected chi connectivity index (χ2v) is 3.83. The summed E-state index contributed by atoms with van der Waals surface area (Å²) in [5.74, 6) is -3.31. The van der Waals surface area contributed by atoms with E-state index in [1.165, 1.54) is 0 Å². The number of halogens is 1. The van der Waals surface area contributed by atoms with Gasteiger partial charge in [-0.3, -0.25) is 0 Å². The lowest BCUT2D eigenvalue weighted by Crippen LogP contribution is -2.09. The smallest absolute Gasteiger partial charge is 0.414 e. The van der Waals surface area contributed by atoms with Crippen molar-refractivity contribution in [3.63, 3.8) is 0 Å². The van der Waals surface area contributed by atoms with Gasteiger partial charge < -0.3 is 20.6 Å². The van der Waals surface area contributed by atoms with Crippen molar-refractivity contribution < 1.29 is 24.9 Å².